The Balaban J connectivity index is 2.44. The number of rotatable bonds is 5. The molecule has 0 saturated carbocycles. The summed E-state index contributed by atoms with van der Waals surface area (Å²) in [5.74, 6) is 6.63. The molecule has 0 fully saturated rings. The molecular weight excluding hydrogens is 316 g/mol. The fourth-order valence-corrected chi connectivity index (χ4v) is 2.47. The fourth-order valence-electron chi connectivity index (χ4n) is 2.22. The maximum absolute atomic E-state index is 5.77. The molecule has 1 atom stereocenters. The van der Waals surface area contributed by atoms with Gasteiger partial charge in [0.05, 0.1) is 12.6 Å². The van der Waals surface area contributed by atoms with Crippen molar-refractivity contribution in [3.8, 4) is 5.75 Å². The minimum atomic E-state index is -0.0930. The van der Waals surface area contributed by atoms with E-state index >= 15 is 0 Å². The third-order valence-corrected chi connectivity index (χ3v) is 4.10. The first-order valence-electron chi connectivity index (χ1n) is 6.61. The molecule has 0 aliphatic carbocycles. The molecule has 0 heterocycles. The molecule has 0 radical (unpaired) electrons. The van der Waals surface area contributed by atoms with Gasteiger partial charge in [-0.25, -0.2) is 5.43 Å². The number of para-hydroxylation sites is 1. The van der Waals surface area contributed by atoms with Crippen molar-refractivity contribution in [2.24, 2.45) is 5.84 Å². The summed E-state index contributed by atoms with van der Waals surface area (Å²) in [4.78, 5) is 0. The Labute approximate surface area is 128 Å². The molecule has 4 heteroatoms. The predicted octanol–water partition coefficient (Wildman–Crippen LogP) is 3.71. The monoisotopic (exact) mass is 334 g/mol. The highest BCUT2D eigenvalue weighted by Crippen LogP contribution is 2.31. The molecule has 3 nitrogen and oxygen atoms in total. The van der Waals surface area contributed by atoms with Gasteiger partial charge in [0.2, 0.25) is 0 Å². The van der Waals surface area contributed by atoms with Crippen LogP contribution in [0.15, 0.2) is 46.9 Å². The summed E-state index contributed by atoms with van der Waals surface area (Å²) in [5.41, 5.74) is 6.21. The standard InChI is InChI=1S/C16H19BrN2O/c1-3-20-15-7-5-4-6-13(15)16(19-18)12-8-9-14(17)11(2)10-12/h4-10,16,19H,3,18H2,1-2H3. The summed E-state index contributed by atoms with van der Waals surface area (Å²) in [6.07, 6.45) is 0. The summed E-state index contributed by atoms with van der Waals surface area (Å²) in [7, 11) is 0. The van der Waals surface area contributed by atoms with Crippen LogP contribution in [0, 0.1) is 6.92 Å². The van der Waals surface area contributed by atoms with Gasteiger partial charge in [-0.2, -0.15) is 0 Å². The van der Waals surface area contributed by atoms with Crippen LogP contribution in [-0.4, -0.2) is 6.61 Å². The molecule has 2 rings (SSSR count). The molecular formula is C16H19BrN2O. The van der Waals surface area contributed by atoms with Gasteiger partial charge < -0.3 is 4.74 Å². The average molecular weight is 335 g/mol. The van der Waals surface area contributed by atoms with Crippen LogP contribution in [0.3, 0.4) is 0 Å². The van der Waals surface area contributed by atoms with Gasteiger partial charge >= 0.3 is 0 Å². The van der Waals surface area contributed by atoms with E-state index in [9.17, 15) is 0 Å². The normalized spacial score (nSPS) is 12.2. The zero-order chi connectivity index (χ0) is 14.5. The van der Waals surface area contributed by atoms with E-state index < -0.39 is 0 Å². The van der Waals surface area contributed by atoms with Crippen LogP contribution in [0.25, 0.3) is 0 Å². The molecule has 0 saturated heterocycles. The maximum atomic E-state index is 5.77. The van der Waals surface area contributed by atoms with Crippen LogP contribution >= 0.6 is 15.9 Å². The number of hydrazine groups is 1. The van der Waals surface area contributed by atoms with Gasteiger partial charge in [-0.3, -0.25) is 5.84 Å². The Kier molecular flexibility index (Phi) is 5.17. The Morgan fingerprint density at radius 1 is 1.25 bits per heavy atom. The van der Waals surface area contributed by atoms with E-state index in [0.29, 0.717) is 6.61 Å². The van der Waals surface area contributed by atoms with Gasteiger partial charge in [0.25, 0.3) is 0 Å². The molecule has 2 aromatic carbocycles. The summed E-state index contributed by atoms with van der Waals surface area (Å²) < 4.78 is 6.78. The zero-order valence-electron chi connectivity index (χ0n) is 11.7. The lowest BCUT2D eigenvalue weighted by atomic mass is 9.97. The topological polar surface area (TPSA) is 47.3 Å². The third-order valence-electron chi connectivity index (χ3n) is 3.21. The van der Waals surface area contributed by atoms with Crippen LogP contribution in [0.5, 0.6) is 5.75 Å². The Morgan fingerprint density at radius 3 is 2.65 bits per heavy atom. The minimum absolute atomic E-state index is 0.0930. The van der Waals surface area contributed by atoms with Gasteiger partial charge in [-0.05, 0) is 37.1 Å². The Morgan fingerprint density at radius 2 is 2.00 bits per heavy atom. The highest BCUT2D eigenvalue weighted by atomic mass is 79.9. The van der Waals surface area contributed by atoms with Crippen LogP contribution < -0.4 is 16.0 Å². The number of halogens is 1. The van der Waals surface area contributed by atoms with Crippen molar-refractivity contribution < 1.29 is 4.74 Å². The largest absolute Gasteiger partial charge is 0.494 e. The minimum Gasteiger partial charge on any atom is -0.494 e. The van der Waals surface area contributed by atoms with E-state index in [1.807, 2.05) is 37.3 Å². The summed E-state index contributed by atoms with van der Waals surface area (Å²) in [6, 6.07) is 14.1. The molecule has 0 aliphatic rings. The molecule has 0 aliphatic heterocycles. The predicted molar refractivity (Wildman–Crippen MR) is 85.7 cm³/mol. The second-order valence-electron chi connectivity index (χ2n) is 4.58. The SMILES string of the molecule is CCOc1ccccc1C(NN)c1ccc(Br)c(C)c1. The van der Waals surface area contributed by atoms with Crippen molar-refractivity contribution in [2.45, 2.75) is 19.9 Å². The Bertz CT molecular complexity index is 586. The average Bonchev–Trinajstić information content (AvgIpc) is 2.45. The second-order valence-corrected chi connectivity index (χ2v) is 5.43. The van der Waals surface area contributed by atoms with Crippen molar-refractivity contribution in [1.29, 1.82) is 0 Å². The molecule has 3 N–H and O–H groups in total. The maximum Gasteiger partial charge on any atom is 0.124 e. The molecule has 0 spiro atoms. The molecule has 20 heavy (non-hydrogen) atoms. The number of benzene rings is 2. The lowest BCUT2D eigenvalue weighted by molar-refractivity contribution is 0.333. The summed E-state index contributed by atoms with van der Waals surface area (Å²) >= 11 is 3.52. The lowest BCUT2D eigenvalue weighted by Crippen LogP contribution is -2.29. The van der Waals surface area contributed by atoms with Gasteiger partial charge in [0.15, 0.2) is 0 Å². The molecule has 0 bridgehead atoms. The van der Waals surface area contributed by atoms with Gasteiger partial charge in [-0.15, -0.1) is 0 Å². The van der Waals surface area contributed by atoms with Crippen LogP contribution in [0.1, 0.15) is 29.7 Å². The molecule has 0 aromatic heterocycles. The van der Waals surface area contributed by atoms with Crippen molar-refractivity contribution in [3.05, 3.63) is 63.6 Å². The molecule has 0 amide bonds. The van der Waals surface area contributed by atoms with Crippen molar-refractivity contribution >= 4 is 15.9 Å². The number of hydrogen-bond acceptors (Lipinski definition) is 3. The first-order chi connectivity index (χ1) is 9.67. The van der Waals surface area contributed by atoms with E-state index in [2.05, 4.69) is 40.4 Å². The van der Waals surface area contributed by atoms with Gasteiger partial charge in [0, 0.05) is 10.0 Å². The lowest BCUT2D eigenvalue weighted by Gasteiger charge is -2.20. The van der Waals surface area contributed by atoms with E-state index in [1.165, 1.54) is 5.56 Å². The van der Waals surface area contributed by atoms with Gasteiger partial charge in [-0.1, -0.05) is 46.3 Å². The second kappa shape index (κ2) is 6.88. The zero-order valence-corrected chi connectivity index (χ0v) is 13.3. The summed E-state index contributed by atoms with van der Waals surface area (Å²) in [6.45, 7) is 4.68. The highest BCUT2D eigenvalue weighted by molar-refractivity contribution is 9.10. The fraction of sp³-hybridized carbons (Fsp3) is 0.250. The van der Waals surface area contributed by atoms with E-state index in [1.54, 1.807) is 0 Å². The smallest absolute Gasteiger partial charge is 0.124 e. The Hall–Kier alpha value is -1.36. The number of ether oxygens (including phenoxy) is 1. The first kappa shape index (κ1) is 15.0. The van der Waals surface area contributed by atoms with E-state index in [0.717, 1.165) is 21.3 Å². The van der Waals surface area contributed by atoms with Crippen LogP contribution in [0.4, 0.5) is 0 Å². The van der Waals surface area contributed by atoms with Crippen molar-refractivity contribution in [2.75, 3.05) is 6.61 Å². The number of aryl methyl sites for hydroxylation is 1. The molecule has 2 aromatic rings. The number of hydrogen-bond donors (Lipinski definition) is 2. The molecule has 106 valence electrons. The molecule has 1 unspecified atom stereocenters. The number of nitrogens with one attached hydrogen (secondary N) is 1. The van der Waals surface area contributed by atoms with Crippen LogP contribution in [0.2, 0.25) is 0 Å². The highest BCUT2D eigenvalue weighted by Gasteiger charge is 2.17. The first-order valence-corrected chi connectivity index (χ1v) is 7.40. The van der Waals surface area contributed by atoms with Crippen molar-refractivity contribution in [3.63, 3.8) is 0 Å². The van der Waals surface area contributed by atoms with Gasteiger partial charge in [0.1, 0.15) is 5.75 Å². The third kappa shape index (κ3) is 3.20. The number of nitrogens with two attached hydrogens (primary N) is 1. The van der Waals surface area contributed by atoms with Crippen molar-refractivity contribution in [1.82, 2.24) is 5.43 Å². The van der Waals surface area contributed by atoms with E-state index in [4.69, 9.17) is 10.6 Å². The summed E-state index contributed by atoms with van der Waals surface area (Å²) in [5, 5.41) is 0. The van der Waals surface area contributed by atoms with E-state index in [-0.39, 0.29) is 6.04 Å². The quantitative estimate of drug-likeness (QED) is 0.647. The van der Waals surface area contributed by atoms with Crippen LogP contribution in [-0.2, 0) is 0 Å².